The van der Waals surface area contributed by atoms with Gasteiger partial charge in [-0.1, -0.05) is 19.6 Å². The molecule has 8 N–H and O–H groups in total. The number of carbonyl (C=O) groups is 3. The van der Waals surface area contributed by atoms with E-state index in [1.54, 1.807) is 6.07 Å². The van der Waals surface area contributed by atoms with Crippen LogP contribution in [-0.4, -0.2) is 49.5 Å². The van der Waals surface area contributed by atoms with Gasteiger partial charge < -0.3 is 37.1 Å². The van der Waals surface area contributed by atoms with E-state index in [0.29, 0.717) is 11.1 Å². The van der Waals surface area contributed by atoms with E-state index in [4.69, 9.17) is 11.5 Å². The summed E-state index contributed by atoms with van der Waals surface area (Å²) in [5.41, 5.74) is 12.5. The van der Waals surface area contributed by atoms with Crippen molar-refractivity contribution in [2.45, 2.75) is 39.4 Å². The van der Waals surface area contributed by atoms with Gasteiger partial charge in [0.2, 0.25) is 11.7 Å². The number of aryl methyl sites for hydroxylation is 1. The van der Waals surface area contributed by atoms with Crippen LogP contribution >= 0.6 is 0 Å². The number of benzene rings is 2. The zero-order valence-electron chi connectivity index (χ0n) is 24.7. The number of nitrogens with zero attached hydrogens (tertiary/aromatic N) is 3. The monoisotopic (exact) mass is 661 g/mol. The number of methoxy groups -OCH3 is 1. The van der Waals surface area contributed by atoms with E-state index in [0.717, 1.165) is 35.1 Å². The number of imidazole rings is 1. The van der Waals surface area contributed by atoms with Crippen LogP contribution in [-0.2, 0) is 24.2 Å². The first-order chi connectivity index (χ1) is 22.4. The molecule has 48 heavy (non-hydrogen) atoms. The summed E-state index contributed by atoms with van der Waals surface area (Å²) in [5, 5.41) is 24.0. The van der Waals surface area contributed by atoms with E-state index >= 15 is 0 Å². The van der Waals surface area contributed by atoms with Crippen LogP contribution in [0.4, 0.5) is 15.8 Å². The molecule has 0 aliphatic heterocycles. The lowest BCUT2D eigenvalue weighted by atomic mass is 10.1. The number of fused-ring (bicyclic) bond motifs is 2. The van der Waals surface area contributed by atoms with Crippen LogP contribution in [0.5, 0.6) is 5.88 Å². The Bertz CT molecular complexity index is 2120. The first kappa shape index (κ1) is 34.7. The summed E-state index contributed by atoms with van der Waals surface area (Å²) >= 11 is 0. The lowest BCUT2D eigenvalue weighted by Gasteiger charge is -2.12. The third-order valence-corrected chi connectivity index (χ3v) is 7.53. The number of nitrogen functional groups attached to an aromatic ring is 1. The highest BCUT2D eigenvalue weighted by molar-refractivity contribution is 5.96. The largest absolute Gasteiger partial charge is 0.492 e. The Morgan fingerprint density at radius 2 is 1.83 bits per heavy atom. The molecule has 0 bridgehead atoms. The van der Waals surface area contributed by atoms with Crippen LogP contribution in [0.2, 0.25) is 0 Å². The average Bonchev–Trinajstić information content (AvgIpc) is 3.64. The minimum Gasteiger partial charge on any atom is -0.492 e. The Morgan fingerprint density at radius 1 is 1.08 bits per heavy atom. The van der Waals surface area contributed by atoms with Crippen molar-refractivity contribution in [1.82, 2.24) is 19.7 Å². The molecule has 2 aromatic heterocycles. The molecule has 5 aromatic rings. The maximum absolute atomic E-state index is 14.1. The topological polar surface area (TPSA) is 241 Å². The van der Waals surface area contributed by atoms with Gasteiger partial charge in [0.05, 0.1) is 18.9 Å². The minimum atomic E-state index is -1.35. The molecule has 250 valence electrons. The van der Waals surface area contributed by atoms with Crippen molar-refractivity contribution in [2.24, 2.45) is 5.73 Å². The summed E-state index contributed by atoms with van der Waals surface area (Å²) in [4.78, 5) is 65.4. The van der Waals surface area contributed by atoms with Gasteiger partial charge in [0, 0.05) is 30.8 Å². The van der Waals surface area contributed by atoms with Crippen LogP contribution in [0.1, 0.15) is 73.5 Å². The number of aromatic hydroxyl groups is 1. The Morgan fingerprint density at radius 3 is 2.52 bits per heavy atom. The summed E-state index contributed by atoms with van der Waals surface area (Å²) in [5.74, 6) is -3.57. The van der Waals surface area contributed by atoms with Gasteiger partial charge in [-0.15, -0.1) is 0 Å². The molecule has 0 saturated heterocycles. The van der Waals surface area contributed by atoms with Crippen LogP contribution in [0.3, 0.4) is 0 Å². The molecule has 2 heterocycles. The summed E-state index contributed by atoms with van der Waals surface area (Å²) in [6.07, 6.45) is 2.99. The van der Waals surface area contributed by atoms with Crippen molar-refractivity contribution in [3.8, 4) is 5.88 Å². The molecule has 1 amide bonds. The Hall–Kier alpha value is -6.16. The van der Waals surface area contributed by atoms with E-state index in [2.05, 4.69) is 25.3 Å². The number of amides is 1. The average molecular weight is 662 g/mol. The SMILES string of the molecule is C.COC(=O)c1ccc2c(c1)CC[C@@H]2N.Nc1c(NCc2cc(CNC(=O)c3cc(C(=O)O)n4cc(O)nc4n3)ccc2F)c(=O)c1=O. The normalized spacial score (nSPS) is 13.2. The highest BCUT2D eigenvalue weighted by Crippen LogP contribution is 2.29. The molecule has 1 atom stereocenters. The van der Waals surface area contributed by atoms with E-state index in [9.17, 15) is 38.6 Å². The standard InChI is InChI=1S/C20H15FN6O6.C11H13NO2.CH4/c21-10-2-1-8(3-9(10)6-23-15-14(22)16(29)17(15)30)5-24-18(31)11-4-12(19(32)33)27-7-13(28)26-20(27)25-11;1-14-11(13)8-2-4-9-7(6-8)3-5-10(9)12;/h1-4,7,23,28H,5-6,22H2,(H,24,31)(H,32,33);2,4,6,10H,3,5,12H2,1H3;1H4/t;10-;/m.0./s1. The quantitative estimate of drug-likeness (QED) is 0.103. The lowest BCUT2D eigenvalue weighted by molar-refractivity contribution is 0.0599. The number of aromatic nitrogens is 3. The van der Waals surface area contributed by atoms with Gasteiger partial charge in [-0.3, -0.25) is 18.8 Å². The van der Waals surface area contributed by atoms with Gasteiger partial charge in [0.1, 0.15) is 28.6 Å². The molecule has 16 heteroatoms. The molecule has 1 aliphatic carbocycles. The highest BCUT2D eigenvalue weighted by atomic mass is 19.1. The second-order valence-electron chi connectivity index (χ2n) is 10.6. The number of carboxylic acids is 1. The van der Waals surface area contributed by atoms with Crippen molar-refractivity contribution in [3.05, 3.63) is 114 Å². The second-order valence-corrected chi connectivity index (χ2v) is 10.6. The highest BCUT2D eigenvalue weighted by Gasteiger charge is 2.21. The van der Waals surface area contributed by atoms with E-state index in [1.807, 2.05) is 12.1 Å². The smallest absolute Gasteiger partial charge is 0.353 e. The molecule has 0 spiro atoms. The Kier molecular flexibility index (Phi) is 10.2. The fraction of sp³-hybridized carbons (Fsp3) is 0.219. The first-order valence-electron chi connectivity index (χ1n) is 14.0. The van der Waals surface area contributed by atoms with Crippen molar-refractivity contribution >= 4 is 35.0 Å². The van der Waals surface area contributed by atoms with Crippen LogP contribution in [0, 0.1) is 5.82 Å². The Labute approximate surface area is 271 Å². The van der Waals surface area contributed by atoms with Gasteiger partial charge in [0.15, 0.2) is 0 Å². The molecule has 6 rings (SSSR count). The number of hydrogen-bond acceptors (Lipinski definition) is 12. The van der Waals surface area contributed by atoms with Gasteiger partial charge in [-0.05, 0) is 53.8 Å². The third kappa shape index (κ3) is 6.97. The van der Waals surface area contributed by atoms with Crippen LogP contribution < -0.4 is 33.0 Å². The first-order valence-corrected chi connectivity index (χ1v) is 14.0. The minimum absolute atomic E-state index is 0. The van der Waals surface area contributed by atoms with E-state index < -0.39 is 34.4 Å². The van der Waals surface area contributed by atoms with Gasteiger partial charge in [-0.25, -0.2) is 19.0 Å². The zero-order chi connectivity index (χ0) is 34.0. The molecule has 0 radical (unpaired) electrons. The molecule has 1 aliphatic rings. The molecule has 0 saturated carbocycles. The van der Waals surface area contributed by atoms with Gasteiger partial charge in [-0.2, -0.15) is 4.98 Å². The molecule has 0 fully saturated rings. The van der Waals surface area contributed by atoms with Gasteiger partial charge >= 0.3 is 11.9 Å². The van der Waals surface area contributed by atoms with Crippen molar-refractivity contribution in [1.29, 1.82) is 0 Å². The number of carboxylic acid groups (broad SMARTS) is 1. The van der Waals surface area contributed by atoms with Crippen LogP contribution in [0.15, 0.2) is 58.3 Å². The fourth-order valence-electron chi connectivity index (χ4n) is 5.04. The van der Waals surface area contributed by atoms with E-state index in [1.165, 1.54) is 30.9 Å². The van der Waals surface area contributed by atoms with Crippen molar-refractivity contribution < 1.29 is 33.7 Å². The number of carbonyl (C=O) groups excluding carboxylic acids is 2. The third-order valence-electron chi connectivity index (χ3n) is 7.53. The number of hydrogen-bond donors (Lipinski definition) is 6. The summed E-state index contributed by atoms with van der Waals surface area (Å²) < 4.78 is 19.8. The maximum Gasteiger partial charge on any atom is 0.353 e. The number of ether oxygens (including phenoxy) is 1. The predicted octanol–water partition coefficient (Wildman–Crippen LogP) is 2.05. The van der Waals surface area contributed by atoms with Crippen molar-refractivity contribution in [2.75, 3.05) is 18.2 Å². The molecule has 0 unspecified atom stereocenters. The zero-order valence-corrected chi connectivity index (χ0v) is 24.7. The summed E-state index contributed by atoms with van der Waals surface area (Å²) in [6.45, 7) is -0.171. The van der Waals surface area contributed by atoms with Crippen molar-refractivity contribution in [3.63, 3.8) is 0 Å². The number of esters is 1. The number of aromatic carboxylic acids is 1. The Balaban J connectivity index is 0.000000290. The molecular formula is C32H32FN7O8. The second kappa shape index (κ2) is 14.1. The number of nitrogens with two attached hydrogens (primary N) is 2. The van der Waals surface area contributed by atoms with Crippen LogP contribution in [0.25, 0.3) is 5.78 Å². The number of rotatable bonds is 8. The number of halogens is 1. The summed E-state index contributed by atoms with van der Waals surface area (Å²) in [6, 6.07) is 10.8. The van der Waals surface area contributed by atoms with E-state index in [-0.39, 0.29) is 66.6 Å². The maximum atomic E-state index is 14.1. The lowest BCUT2D eigenvalue weighted by Crippen LogP contribution is -2.37. The number of anilines is 2. The fourth-order valence-corrected chi connectivity index (χ4v) is 5.04. The molecular weight excluding hydrogens is 629 g/mol. The summed E-state index contributed by atoms with van der Waals surface area (Å²) in [7, 11) is 1.39. The van der Waals surface area contributed by atoms with Gasteiger partial charge in [0.25, 0.3) is 16.8 Å². The number of nitrogens with one attached hydrogen (secondary N) is 2. The molecule has 15 nitrogen and oxygen atoms in total. The molecule has 3 aromatic carbocycles. The predicted molar refractivity (Wildman–Crippen MR) is 172 cm³/mol.